The van der Waals surface area contributed by atoms with E-state index >= 15 is 0 Å². The van der Waals surface area contributed by atoms with Crippen LogP contribution in [0.25, 0.3) is 10.1 Å². The van der Waals surface area contributed by atoms with Crippen LogP contribution in [0.2, 0.25) is 10.0 Å². The molecule has 0 unspecified atom stereocenters. The first-order valence-electron chi connectivity index (χ1n) is 9.60. The van der Waals surface area contributed by atoms with E-state index in [0.717, 1.165) is 10.1 Å². The molecule has 0 radical (unpaired) electrons. The number of nitrogens with zero attached hydrogens (tertiary/aromatic N) is 2. The molecule has 2 heterocycles. The Bertz CT molecular complexity index is 1130. The van der Waals surface area contributed by atoms with Crippen molar-refractivity contribution >= 4 is 56.4 Å². The quantitative estimate of drug-likeness (QED) is 0.538. The molecule has 6 nitrogen and oxygen atoms in total. The first-order chi connectivity index (χ1) is 14.9. The Morgan fingerprint density at radius 3 is 2.03 bits per heavy atom. The minimum Gasteiger partial charge on any atom is -0.497 e. The summed E-state index contributed by atoms with van der Waals surface area (Å²) in [6, 6.07) is 10.5. The molecule has 4 rings (SSSR count). The van der Waals surface area contributed by atoms with E-state index in [1.54, 1.807) is 48.3 Å². The van der Waals surface area contributed by atoms with Gasteiger partial charge in [0.25, 0.3) is 11.8 Å². The summed E-state index contributed by atoms with van der Waals surface area (Å²) < 4.78 is 11.4. The summed E-state index contributed by atoms with van der Waals surface area (Å²) in [5.74, 6) is 0.850. The van der Waals surface area contributed by atoms with E-state index in [1.807, 2.05) is 12.1 Å². The Labute approximate surface area is 193 Å². The van der Waals surface area contributed by atoms with E-state index in [-0.39, 0.29) is 11.8 Å². The van der Waals surface area contributed by atoms with Gasteiger partial charge in [-0.15, -0.1) is 11.3 Å². The van der Waals surface area contributed by atoms with Crippen molar-refractivity contribution in [2.24, 2.45) is 0 Å². The van der Waals surface area contributed by atoms with Crippen molar-refractivity contribution in [2.75, 3.05) is 40.4 Å². The van der Waals surface area contributed by atoms with Gasteiger partial charge in [-0.25, -0.2) is 0 Å². The summed E-state index contributed by atoms with van der Waals surface area (Å²) in [4.78, 5) is 30.0. The molecule has 3 aromatic rings. The largest absolute Gasteiger partial charge is 0.497 e. The van der Waals surface area contributed by atoms with Crippen LogP contribution in [0.1, 0.15) is 20.0 Å². The van der Waals surface area contributed by atoms with Crippen LogP contribution >= 0.6 is 34.5 Å². The third-order valence-corrected chi connectivity index (χ3v) is 7.12. The maximum atomic E-state index is 13.1. The van der Waals surface area contributed by atoms with Crippen molar-refractivity contribution in [1.82, 2.24) is 9.80 Å². The summed E-state index contributed by atoms with van der Waals surface area (Å²) in [5.41, 5.74) is 0.486. The van der Waals surface area contributed by atoms with Gasteiger partial charge in [-0.05, 0) is 24.3 Å². The summed E-state index contributed by atoms with van der Waals surface area (Å²) in [5, 5.41) is 1.87. The second-order valence-electron chi connectivity index (χ2n) is 7.07. The molecule has 1 aliphatic heterocycles. The molecular formula is C22H20Cl2N2O4S. The van der Waals surface area contributed by atoms with Crippen molar-refractivity contribution in [1.29, 1.82) is 0 Å². The number of carbonyl (C=O) groups excluding carboxylic acids is 2. The fourth-order valence-electron chi connectivity index (χ4n) is 3.55. The SMILES string of the molecule is COc1cc(OC)cc(C(=O)N2CCN(C(=O)c3sc4cc(Cl)ccc4c3Cl)CC2)c1. The van der Waals surface area contributed by atoms with E-state index in [9.17, 15) is 9.59 Å². The molecule has 0 N–H and O–H groups in total. The van der Waals surface area contributed by atoms with E-state index < -0.39 is 0 Å². The van der Waals surface area contributed by atoms with Gasteiger partial charge in [0, 0.05) is 52.9 Å². The maximum absolute atomic E-state index is 13.1. The number of carbonyl (C=O) groups is 2. The van der Waals surface area contributed by atoms with E-state index in [1.165, 1.54) is 11.3 Å². The van der Waals surface area contributed by atoms with Gasteiger partial charge in [0.2, 0.25) is 0 Å². The molecule has 0 aliphatic carbocycles. The number of hydrogen-bond donors (Lipinski definition) is 0. The molecule has 2 amide bonds. The summed E-state index contributed by atoms with van der Waals surface area (Å²) in [7, 11) is 3.08. The first kappa shape index (κ1) is 21.7. The standard InChI is InChI=1S/C22H20Cl2N2O4S/c1-29-15-9-13(10-16(12-15)30-2)21(27)25-5-7-26(8-6-25)22(28)20-19(24)17-4-3-14(23)11-18(17)31-20/h3-4,9-12H,5-8H2,1-2H3. The highest BCUT2D eigenvalue weighted by Crippen LogP contribution is 2.37. The van der Waals surface area contributed by atoms with Gasteiger partial charge in [0.15, 0.2) is 0 Å². The van der Waals surface area contributed by atoms with E-state index in [4.69, 9.17) is 32.7 Å². The highest BCUT2D eigenvalue weighted by molar-refractivity contribution is 7.21. The second-order valence-corrected chi connectivity index (χ2v) is 8.94. The Balaban J connectivity index is 1.47. The number of methoxy groups -OCH3 is 2. The molecule has 1 aliphatic rings. The lowest BCUT2D eigenvalue weighted by atomic mass is 10.1. The van der Waals surface area contributed by atoms with Crippen LogP contribution in [0, 0.1) is 0 Å². The zero-order chi connectivity index (χ0) is 22.1. The molecule has 162 valence electrons. The highest BCUT2D eigenvalue weighted by Gasteiger charge is 2.28. The van der Waals surface area contributed by atoms with Gasteiger partial charge < -0.3 is 19.3 Å². The molecule has 2 aromatic carbocycles. The third kappa shape index (κ3) is 4.31. The van der Waals surface area contributed by atoms with Crippen molar-refractivity contribution in [3.05, 3.63) is 56.9 Å². The van der Waals surface area contributed by atoms with Gasteiger partial charge in [-0.1, -0.05) is 29.3 Å². The van der Waals surface area contributed by atoms with Crippen molar-refractivity contribution in [3.63, 3.8) is 0 Å². The molecule has 0 saturated carbocycles. The van der Waals surface area contributed by atoms with Crippen LogP contribution < -0.4 is 9.47 Å². The molecule has 0 spiro atoms. The Kier molecular flexibility index (Phi) is 6.27. The summed E-state index contributed by atoms with van der Waals surface area (Å²) in [6.45, 7) is 1.71. The van der Waals surface area contributed by atoms with Crippen LogP contribution in [-0.4, -0.2) is 62.0 Å². The lowest BCUT2D eigenvalue weighted by Gasteiger charge is -2.34. The van der Waals surface area contributed by atoms with E-state index in [0.29, 0.717) is 58.2 Å². The number of hydrogen-bond acceptors (Lipinski definition) is 5. The molecule has 9 heteroatoms. The van der Waals surface area contributed by atoms with Gasteiger partial charge in [0.1, 0.15) is 16.4 Å². The zero-order valence-corrected chi connectivity index (χ0v) is 19.3. The third-order valence-electron chi connectivity index (χ3n) is 5.24. The average molecular weight is 479 g/mol. The number of rotatable bonds is 4. The average Bonchev–Trinajstić information content (AvgIpc) is 3.13. The highest BCUT2D eigenvalue weighted by atomic mass is 35.5. The minimum absolute atomic E-state index is 0.126. The van der Waals surface area contributed by atoms with Gasteiger partial charge in [-0.3, -0.25) is 9.59 Å². The first-order valence-corrected chi connectivity index (χ1v) is 11.2. The fraction of sp³-hybridized carbons (Fsp3) is 0.273. The number of benzene rings is 2. The maximum Gasteiger partial charge on any atom is 0.265 e. The van der Waals surface area contributed by atoms with Crippen molar-refractivity contribution in [2.45, 2.75) is 0 Å². The smallest absolute Gasteiger partial charge is 0.265 e. The van der Waals surface area contributed by atoms with E-state index in [2.05, 4.69) is 0 Å². The zero-order valence-electron chi connectivity index (χ0n) is 17.0. The van der Waals surface area contributed by atoms with Gasteiger partial charge in [-0.2, -0.15) is 0 Å². The van der Waals surface area contributed by atoms with Crippen molar-refractivity contribution in [3.8, 4) is 11.5 Å². The fourth-order valence-corrected chi connectivity index (χ4v) is 5.30. The van der Waals surface area contributed by atoms with Crippen LogP contribution in [-0.2, 0) is 0 Å². The van der Waals surface area contributed by atoms with Gasteiger partial charge >= 0.3 is 0 Å². The van der Waals surface area contributed by atoms with Crippen LogP contribution in [0.3, 0.4) is 0 Å². The number of amides is 2. The topological polar surface area (TPSA) is 59.1 Å². The molecule has 1 aromatic heterocycles. The summed E-state index contributed by atoms with van der Waals surface area (Å²) in [6.07, 6.45) is 0. The molecule has 31 heavy (non-hydrogen) atoms. The molecule has 1 fully saturated rings. The predicted molar refractivity (Wildman–Crippen MR) is 123 cm³/mol. The normalized spacial score (nSPS) is 14.1. The molecule has 0 bridgehead atoms. The van der Waals surface area contributed by atoms with Crippen LogP contribution in [0.15, 0.2) is 36.4 Å². The van der Waals surface area contributed by atoms with Crippen LogP contribution in [0.4, 0.5) is 0 Å². The molecule has 0 atom stereocenters. The Morgan fingerprint density at radius 2 is 1.45 bits per heavy atom. The van der Waals surface area contributed by atoms with Gasteiger partial charge in [0.05, 0.1) is 19.2 Å². The lowest BCUT2D eigenvalue weighted by molar-refractivity contribution is 0.0538. The van der Waals surface area contributed by atoms with Crippen LogP contribution in [0.5, 0.6) is 11.5 Å². The minimum atomic E-state index is -0.127. The Hall–Kier alpha value is -2.48. The number of piperazine rings is 1. The second kappa shape index (κ2) is 8.94. The Morgan fingerprint density at radius 1 is 0.871 bits per heavy atom. The molecular weight excluding hydrogens is 459 g/mol. The number of fused-ring (bicyclic) bond motifs is 1. The summed E-state index contributed by atoms with van der Waals surface area (Å²) >= 11 is 13.9. The number of thiophene rings is 1. The monoisotopic (exact) mass is 478 g/mol. The molecule has 1 saturated heterocycles. The predicted octanol–water partition coefficient (Wildman–Crippen LogP) is 4.82. The number of halogens is 2. The van der Waals surface area contributed by atoms with Crippen molar-refractivity contribution < 1.29 is 19.1 Å². The number of ether oxygens (including phenoxy) is 2. The lowest BCUT2D eigenvalue weighted by Crippen LogP contribution is -2.50.